The van der Waals surface area contributed by atoms with Crippen molar-refractivity contribution in [3.8, 4) is 5.75 Å². The summed E-state index contributed by atoms with van der Waals surface area (Å²) in [5.74, 6) is -2.06. The Hall–Kier alpha value is -2.96. The maximum absolute atomic E-state index is 12.6. The maximum atomic E-state index is 12.6. The van der Waals surface area contributed by atoms with Gasteiger partial charge in [0.1, 0.15) is 11.8 Å². The highest BCUT2D eigenvalue weighted by molar-refractivity contribution is 6.08. The lowest BCUT2D eigenvalue weighted by molar-refractivity contribution is -0.159. The molecule has 1 saturated heterocycles. The number of fused-ring (bicyclic) bond motifs is 1. The summed E-state index contributed by atoms with van der Waals surface area (Å²) in [5.41, 5.74) is 0.374. The summed E-state index contributed by atoms with van der Waals surface area (Å²) < 4.78 is 10.3. The van der Waals surface area contributed by atoms with E-state index in [0.717, 1.165) is 4.90 Å². The van der Waals surface area contributed by atoms with Crippen LogP contribution in [0.4, 0.5) is 0 Å². The third-order valence-electron chi connectivity index (χ3n) is 5.31. The number of esters is 1. The number of ether oxygens (including phenoxy) is 2. The predicted octanol–water partition coefficient (Wildman–Crippen LogP) is 2.15. The second-order valence-corrected chi connectivity index (χ2v) is 7.05. The molecule has 0 saturated carbocycles. The predicted molar refractivity (Wildman–Crippen MR) is 99.5 cm³/mol. The van der Waals surface area contributed by atoms with Crippen molar-refractivity contribution >= 4 is 23.6 Å². The van der Waals surface area contributed by atoms with E-state index in [1.807, 2.05) is 12.2 Å². The van der Waals surface area contributed by atoms with E-state index in [4.69, 9.17) is 9.47 Å². The molecular formula is C21H23NO6. The van der Waals surface area contributed by atoms with Crippen molar-refractivity contribution in [1.29, 1.82) is 0 Å². The minimum Gasteiger partial charge on any atom is -0.497 e. The van der Waals surface area contributed by atoms with Crippen LogP contribution in [0.25, 0.3) is 0 Å². The van der Waals surface area contributed by atoms with Crippen molar-refractivity contribution in [2.45, 2.75) is 38.8 Å². The summed E-state index contributed by atoms with van der Waals surface area (Å²) in [6.45, 7) is 2.92. The average molecular weight is 385 g/mol. The minimum absolute atomic E-state index is 0.349. The van der Waals surface area contributed by atoms with E-state index in [1.165, 1.54) is 21.0 Å². The van der Waals surface area contributed by atoms with Crippen LogP contribution >= 0.6 is 0 Å². The van der Waals surface area contributed by atoms with Crippen molar-refractivity contribution in [2.24, 2.45) is 11.8 Å². The molecule has 7 heteroatoms. The number of ketones is 1. The molecule has 1 heterocycles. The van der Waals surface area contributed by atoms with E-state index >= 15 is 0 Å². The number of likely N-dealkylation sites (tertiary alicyclic amines) is 1. The normalized spacial score (nSPS) is 23.2. The van der Waals surface area contributed by atoms with Gasteiger partial charge in [0.2, 0.25) is 17.6 Å². The van der Waals surface area contributed by atoms with Gasteiger partial charge in [0.25, 0.3) is 0 Å². The Morgan fingerprint density at radius 2 is 1.54 bits per heavy atom. The number of rotatable bonds is 6. The van der Waals surface area contributed by atoms with E-state index in [9.17, 15) is 19.2 Å². The number of imide groups is 1. The summed E-state index contributed by atoms with van der Waals surface area (Å²) in [6.07, 6.45) is 3.72. The summed E-state index contributed by atoms with van der Waals surface area (Å²) in [7, 11) is 1.52. The van der Waals surface area contributed by atoms with Gasteiger partial charge in [-0.2, -0.15) is 0 Å². The van der Waals surface area contributed by atoms with Gasteiger partial charge in [0.05, 0.1) is 18.9 Å². The van der Waals surface area contributed by atoms with Crippen LogP contribution in [0.2, 0.25) is 0 Å². The zero-order valence-corrected chi connectivity index (χ0v) is 16.1. The molecule has 2 amide bonds. The molecule has 1 aromatic rings. The Morgan fingerprint density at radius 1 is 1.00 bits per heavy atom. The second kappa shape index (κ2) is 7.96. The molecule has 0 N–H and O–H groups in total. The van der Waals surface area contributed by atoms with Gasteiger partial charge in [0, 0.05) is 5.56 Å². The van der Waals surface area contributed by atoms with Gasteiger partial charge in [-0.05, 0) is 51.0 Å². The fraction of sp³-hybridized carbons (Fsp3) is 0.429. The number of hydrogen-bond donors (Lipinski definition) is 0. The van der Waals surface area contributed by atoms with Crippen LogP contribution in [0.5, 0.6) is 5.75 Å². The highest BCUT2D eigenvalue weighted by Gasteiger charge is 2.50. The number of amides is 2. The summed E-state index contributed by atoms with van der Waals surface area (Å²) in [4.78, 5) is 51.2. The molecule has 4 atom stereocenters. The average Bonchev–Trinajstić information content (AvgIpc) is 2.97. The number of methoxy groups -OCH3 is 1. The quantitative estimate of drug-likeness (QED) is 0.323. The molecule has 0 spiro atoms. The maximum Gasteiger partial charge on any atom is 0.329 e. The van der Waals surface area contributed by atoms with Gasteiger partial charge < -0.3 is 9.47 Å². The number of hydrogen-bond acceptors (Lipinski definition) is 6. The lowest BCUT2D eigenvalue weighted by Gasteiger charge is -2.23. The molecule has 1 aliphatic carbocycles. The first-order valence-electron chi connectivity index (χ1n) is 9.25. The second-order valence-electron chi connectivity index (χ2n) is 7.05. The molecule has 0 radical (unpaired) electrons. The molecule has 0 unspecified atom stereocenters. The van der Waals surface area contributed by atoms with Crippen LogP contribution in [0.15, 0.2) is 36.4 Å². The zero-order valence-electron chi connectivity index (χ0n) is 16.1. The Morgan fingerprint density at radius 3 is 2.04 bits per heavy atom. The van der Waals surface area contributed by atoms with Gasteiger partial charge >= 0.3 is 5.97 Å². The zero-order chi connectivity index (χ0) is 20.4. The molecular weight excluding hydrogens is 362 g/mol. The standard InChI is InChI=1S/C21H23NO6/c1-12(22-19(24)16-6-4-5-7-17(16)20(22)25)21(26)28-13(2)18(23)14-8-10-15(27-3)11-9-14/h4-5,8-13,16-17H,6-7H2,1-3H3/t12-,13+,16-,17+/m0/s1. The first kappa shape index (κ1) is 19.8. The highest BCUT2D eigenvalue weighted by atomic mass is 16.5. The van der Waals surface area contributed by atoms with Crippen molar-refractivity contribution in [1.82, 2.24) is 4.90 Å². The molecule has 1 fully saturated rings. The number of benzene rings is 1. The molecule has 0 bridgehead atoms. The van der Waals surface area contributed by atoms with E-state index < -0.39 is 30.0 Å². The molecule has 3 rings (SSSR count). The number of nitrogens with zero attached hydrogens (tertiary/aromatic N) is 1. The van der Waals surface area contributed by atoms with Crippen LogP contribution in [0.3, 0.4) is 0 Å². The third-order valence-corrected chi connectivity index (χ3v) is 5.31. The lowest BCUT2D eigenvalue weighted by Crippen LogP contribution is -2.45. The SMILES string of the molecule is COc1ccc(C(=O)[C@@H](C)OC(=O)[C@H](C)N2C(=O)[C@H]3CC=CC[C@H]3C2=O)cc1. The van der Waals surface area contributed by atoms with Crippen LogP contribution in [-0.2, 0) is 19.1 Å². The largest absolute Gasteiger partial charge is 0.497 e. The molecule has 1 aliphatic heterocycles. The van der Waals surface area contributed by atoms with E-state index in [2.05, 4.69) is 0 Å². The number of Topliss-reactive ketones (excluding diaryl/α,β-unsaturated/α-hetero) is 1. The topological polar surface area (TPSA) is 90.0 Å². The highest BCUT2D eigenvalue weighted by Crippen LogP contribution is 2.36. The summed E-state index contributed by atoms with van der Waals surface area (Å²) in [5, 5.41) is 0. The van der Waals surface area contributed by atoms with E-state index in [-0.39, 0.29) is 17.6 Å². The van der Waals surface area contributed by atoms with Crippen molar-refractivity contribution in [3.63, 3.8) is 0 Å². The number of allylic oxidation sites excluding steroid dienone is 2. The van der Waals surface area contributed by atoms with Gasteiger partial charge in [-0.25, -0.2) is 4.79 Å². The molecule has 0 aromatic heterocycles. The Kier molecular flexibility index (Phi) is 5.63. The number of carbonyl (C=O) groups is 4. The molecule has 28 heavy (non-hydrogen) atoms. The van der Waals surface area contributed by atoms with E-state index in [1.54, 1.807) is 24.3 Å². The molecule has 7 nitrogen and oxygen atoms in total. The Labute approximate surface area is 163 Å². The van der Waals surface area contributed by atoms with E-state index in [0.29, 0.717) is 24.2 Å². The minimum atomic E-state index is -1.07. The van der Waals surface area contributed by atoms with Crippen molar-refractivity contribution in [3.05, 3.63) is 42.0 Å². The summed E-state index contributed by atoms with van der Waals surface area (Å²) >= 11 is 0. The lowest BCUT2D eigenvalue weighted by atomic mass is 9.85. The van der Waals surface area contributed by atoms with Gasteiger partial charge in [-0.3, -0.25) is 19.3 Å². The molecule has 1 aromatic carbocycles. The first-order valence-corrected chi connectivity index (χ1v) is 9.25. The van der Waals surface area contributed by atoms with Gasteiger partial charge in [-0.15, -0.1) is 0 Å². The fourth-order valence-corrected chi connectivity index (χ4v) is 3.63. The van der Waals surface area contributed by atoms with Crippen LogP contribution in [0, 0.1) is 11.8 Å². The van der Waals surface area contributed by atoms with Gasteiger partial charge in [0.15, 0.2) is 6.10 Å². The molecule has 148 valence electrons. The Balaban J connectivity index is 1.65. The van der Waals surface area contributed by atoms with Crippen molar-refractivity contribution < 1.29 is 28.7 Å². The molecule has 2 aliphatic rings. The third kappa shape index (κ3) is 3.56. The summed E-state index contributed by atoms with van der Waals surface area (Å²) in [6, 6.07) is 5.38. The van der Waals surface area contributed by atoms with Crippen molar-refractivity contribution in [2.75, 3.05) is 7.11 Å². The first-order chi connectivity index (χ1) is 13.3. The Bertz CT molecular complexity index is 802. The fourth-order valence-electron chi connectivity index (χ4n) is 3.63. The van der Waals surface area contributed by atoms with Crippen LogP contribution < -0.4 is 4.74 Å². The van der Waals surface area contributed by atoms with Crippen LogP contribution in [0.1, 0.15) is 37.0 Å². The number of carbonyl (C=O) groups excluding carboxylic acids is 4. The van der Waals surface area contributed by atoms with Gasteiger partial charge in [-0.1, -0.05) is 12.2 Å². The smallest absolute Gasteiger partial charge is 0.329 e. The van der Waals surface area contributed by atoms with Crippen LogP contribution in [-0.4, -0.2) is 47.7 Å². The monoisotopic (exact) mass is 385 g/mol.